The van der Waals surface area contributed by atoms with Gasteiger partial charge in [-0.05, 0) is 60.9 Å². The molecule has 0 bridgehead atoms. The summed E-state index contributed by atoms with van der Waals surface area (Å²) in [5.41, 5.74) is 10.7. The smallest absolute Gasteiger partial charge is 0.257 e. The SMILES string of the molecule is Cc1ccc(C(=O)Nc2cccc(NC(=O)c3cccc4c3NC(=O)CC4)c2)cc1N. The van der Waals surface area contributed by atoms with E-state index in [1.54, 1.807) is 54.6 Å². The molecule has 0 aromatic heterocycles. The highest BCUT2D eigenvalue weighted by molar-refractivity contribution is 6.11. The molecule has 0 spiro atoms. The van der Waals surface area contributed by atoms with Crippen molar-refractivity contribution < 1.29 is 14.4 Å². The second-order valence-corrected chi connectivity index (χ2v) is 7.45. The second kappa shape index (κ2) is 8.31. The van der Waals surface area contributed by atoms with Crippen LogP contribution in [0, 0.1) is 6.92 Å². The summed E-state index contributed by atoms with van der Waals surface area (Å²) in [6.45, 7) is 1.87. The van der Waals surface area contributed by atoms with E-state index in [0.29, 0.717) is 46.7 Å². The van der Waals surface area contributed by atoms with E-state index in [0.717, 1.165) is 11.1 Å². The zero-order chi connectivity index (χ0) is 22.0. The van der Waals surface area contributed by atoms with Gasteiger partial charge in [-0.2, -0.15) is 0 Å². The molecule has 0 saturated heterocycles. The first-order valence-corrected chi connectivity index (χ1v) is 9.91. The van der Waals surface area contributed by atoms with E-state index in [9.17, 15) is 14.4 Å². The van der Waals surface area contributed by atoms with Crippen molar-refractivity contribution in [3.8, 4) is 0 Å². The van der Waals surface area contributed by atoms with E-state index in [4.69, 9.17) is 5.73 Å². The molecule has 7 nitrogen and oxygen atoms in total. The number of nitrogens with one attached hydrogen (secondary N) is 3. The standard InChI is InChI=1S/C24H22N4O3/c1-14-8-9-16(12-20(14)25)23(30)26-17-5-3-6-18(13-17)27-24(31)19-7-2-4-15-10-11-21(29)28-22(15)19/h2-9,12-13H,10-11,25H2,1H3,(H,26,30)(H,27,31)(H,28,29). The van der Waals surface area contributed by atoms with Crippen LogP contribution in [0.1, 0.15) is 38.3 Å². The normalized spacial score (nSPS) is 12.5. The molecule has 3 aromatic rings. The van der Waals surface area contributed by atoms with E-state index >= 15 is 0 Å². The molecule has 3 aromatic carbocycles. The van der Waals surface area contributed by atoms with Crippen LogP contribution in [0.2, 0.25) is 0 Å². The number of hydrogen-bond acceptors (Lipinski definition) is 4. The number of aryl methyl sites for hydroxylation is 2. The van der Waals surface area contributed by atoms with Crippen molar-refractivity contribution in [1.82, 2.24) is 0 Å². The molecular formula is C24H22N4O3. The predicted molar refractivity (Wildman–Crippen MR) is 121 cm³/mol. The minimum absolute atomic E-state index is 0.103. The number of anilines is 4. The highest BCUT2D eigenvalue weighted by Gasteiger charge is 2.21. The van der Waals surface area contributed by atoms with Crippen LogP contribution in [-0.2, 0) is 11.2 Å². The molecule has 1 aliphatic heterocycles. The number of nitrogens with two attached hydrogens (primary N) is 1. The Bertz CT molecular complexity index is 1200. The number of para-hydroxylation sites is 1. The number of benzene rings is 3. The third kappa shape index (κ3) is 4.40. The van der Waals surface area contributed by atoms with Gasteiger partial charge in [0.2, 0.25) is 5.91 Å². The summed E-state index contributed by atoms with van der Waals surface area (Å²) in [6, 6.07) is 17.4. The summed E-state index contributed by atoms with van der Waals surface area (Å²) in [7, 11) is 0. The van der Waals surface area contributed by atoms with Crippen LogP contribution in [-0.4, -0.2) is 17.7 Å². The van der Waals surface area contributed by atoms with Crippen molar-refractivity contribution in [3.05, 3.63) is 82.9 Å². The lowest BCUT2D eigenvalue weighted by Gasteiger charge is -2.19. The third-order valence-corrected chi connectivity index (χ3v) is 5.20. The number of carbonyl (C=O) groups is 3. The van der Waals surface area contributed by atoms with Gasteiger partial charge in [-0.25, -0.2) is 0 Å². The first-order chi connectivity index (χ1) is 14.9. The van der Waals surface area contributed by atoms with E-state index in [2.05, 4.69) is 16.0 Å². The van der Waals surface area contributed by atoms with Crippen molar-refractivity contribution in [2.45, 2.75) is 19.8 Å². The summed E-state index contributed by atoms with van der Waals surface area (Å²) < 4.78 is 0. The minimum Gasteiger partial charge on any atom is -0.398 e. The van der Waals surface area contributed by atoms with Gasteiger partial charge >= 0.3 is 0 Å². The molecular weight excluding hydrogens is 392 g/mol. The van der Waals surface area contributed by atoms with Crippen LogP contribution in [0.15, 0.2) is 60.7 Å². The molecule has 0 unspecified atom stereocenters. The Morgan fingerprint density at radius 1 is 0.903 bits per heavy atom. The third-order valence-electron chi connectivity index (χ3n) is 5.20. The largest absolute Gasteiger partial charge is 0.398 e. The molecule has 0 radical (unpaired) electrons. The van der Waals surface area contributed by atoms with Gasteiger partial charge in [-0.1, -0.05) is 24.3 Å². The van der Waals surface area contributed by atoms with E-state index in [-0.39, 0.29) is 17.7 Å². The monoisotopic (exact) mass is 414 g/mol. The highest BCUT2D eigenvalue weighted by Crippen LogP contribution is 2.27. The minimum atomic E-state index is -0.339. The molecule has 0 aliphatic carbocycles. The van der Waals surface area contributed by atoms with Gasteiger partial charge < -0.3 is 21.7 Å². The fraction of sp³-hybridized carbons (Fsp3) is 0.125. The number of amides is 3. The summed E-state index contributed by atoms with van der Waals surface area (Å²) in [6.07, 6.45) is 1.01. The molecule has 5 N–H and O–H groups in total. The Morgan fingerprint density at radius 3 is 2.35 bits per heavy atom. The Hall–Kier alpha value is -4.13. The molecule has 31 heavy (non-hydrogen) atoms. The molecule has 4 rings (SSSR count). The van der Waals surface area contributed by atoms with Crippen LogP contribution < -0.4 is 21.7 Å². The van der Waals surface area contributed by atoms with Gasteiger partial charge in [0, 0.05) is 29.0 Å². The highest BCUT2D eigenvalue weighted by atomic mass is 16.2. The number of fused-ring (bicyclic) bond motifs is 1. The molecule has 3 amide bonds. The van der Waals surface area contributed by atoms with Crippen LogP contribution in [0.4, 0.5) is 22.7 Å². The molecule has 156 valence electrons. The summed E-state index contributed by atoms with van der Waals surface area (Å²) in [5, 5.41) is 8.44. The average molecular weight is 414 g/mol. The maximum Gasteiger partial charge on any atom is 0.257 e. The van der Waals surface area contributed by atoms with Crippen LogP contribution in [0.5, 0.6) is 0 Å². The number of carbonyl (C=O) groups excluding carboxylic acids is 3. The number of hydrogen-bond donors (Lipinski definition) is 4. The Morgan fingerprint density at radius 2 is 1.61 bits per heavy atom. The Labute approximate surface area is 179 Å². The van der Waals surface area contributed by atoms with E-state index in [1.807, 2.05) is 13.0 Å². The molecule has 0 atom stereocenters. The van der Waals surface area contributed by atoms with Crippen LogP contribution in [0.25, 0.3) is 0 Å². The van der Waals surface area contributed by atoms with Crippen molar-refractivity contribution in [2.24, 2.45) is 0 Å². The summed E-state index contributed by atoms with van der Waals surface area (Å²) in [4.78, 5) is 37.2. The first kappa shape index (κ1) is 20.2. The first-order valence-electron chi connectivity index (χ1n) is 9.91. The summed E-state index contributed by atoms with van der Waals surface area (Å²) >= 11 is 0. The van der Waals surface area contributed by atoms with Gasteiger partial charge in [0.1, 0.15) is 0 Å². The van der Waals surface area contributed by atoms with Gasteiger partial charge in [-0.3, -0.25) is 14.4 Å². The van der Waals surface area contributed by atoms with Crippen molar-refractivity contribution in [1.29, 1.82) is 0 Å². The van der Waals surface area contributed by atoms with Crippen molar-refractivity contribution in [2.75, 3.05) is 21.7 Å². The fourth-order valence-corrected chi connectivity index (χ4v) is 3.45. The molecule has 1 aliphatic rings. The van der Waals surface area contributed by atoms with Gasteiger partial charge in [0.25, 0.3) is 11.8 Å². The number of rotatable bonds is 4. The topological polar surface area (TPSA) is 113 Å². The van der Waals surface area contributed by atoms with Crippen LogP contribution in [0.3, 0.4) is 0 Å². The van der Waals surface area contributed by atoms with Gasteiger partial charge in [0.15, 0.2) is 0 Å². The van der Waals surface area contributed by atoms with Crippen molar-refractivity contribution >= 4 is 40.5 Å². The van der Waals surface area contributed by atoms with Crippen molar-refractivity contribution in [3.63, 3.8) is 0 Å². The lowest BCUT2D eigenvalue weighted by molar-refractivity contribution is -0.116. The Kier molecular flexibility index (Phi) is 5.41. The molecule has 0 saturated carbocycles. The lowest BCUT2D eigenvalue weighted by atomic mass is 9.98. The van der Waals surface area contributed by atoms with Crippen LogP contribution >= 0.6 is 0 Å². The maximum absolute atomic E-state index is 12.9. The molecule has 0 fully saturated rings. The quantitative estimate of drug-likeness (QED) is 0.484. The van der Waals surface area contributed by atoms with E-state index < -0.39 is 0 Å². The van der Waals surface area contributed by atoms with Gasteiger partial charge in [0.05, 0.1) is 11.3 Å². The zero-order valence-electron chi connectivity index (χ0n) is 17.0. The Balaban J connectivity index is 1.50. The average Bonchev–Trinajstić information content (AvgIpc) is 2.75. The molecule has 7 heteroatoms. The van der Waals surface area contributed by atoms with Gasteiger partial charge in [-0.15, -0.1) is 0 Å². The lowest BCUT2D eigenvalue weighted by Crippen LogP contribution is -2.23. The summed E-state index contributed by atoms with van der Waals surface area (Å²) in [5.74, 6) is -0.738. The second-order valence-electron chi connectivity index (χ2n) is 7.45. The molecule has 1 heterocycles. The van der Waals surface area contributed by atoms with E-state index in [1.165, 1.54) is 0 Å². The fourth-order valence-electron chi connectivity index (χ4n) is 3.45. The number of nitrogen functional groups attached to an aromatic ring is 1. The maximum atomic E-state index is 12.9. The predicted octanol–water partition coefficient (Wildman–Crippen LogP) is 3.97. The zero-order valence-corrected chi connectivity index (χ0v) is 17.0.